The number of hydrogen-bond donors (Lipinski definition) is 2. The number of aliphatic hydroxyl groups excluding tert-OH is 1. The predicted octanol–water partition coefficient (Wildman–Crippen LogP) is 3.36. The van der Waals surface area contributed by atoms with Crippen molar-refractivity contribution in [2.45, 2.75) is 33.6 Å². The number of benzene rings is 1. The second kappa shape index (κ2) is 11.1. The minimum atomic E-state index is -0.763. The molecule has 176 valence electrons. The highest BCUT2D eigenvalue weighted by atomic mass is 16.5. The largest absolute Gasteiger partial charge is 0.512 e. The number of methoxy groups -OCH3 is 2. The van der Waals surface area contributed by atoms with Gasteiger partial charge in [-0.15, -0.1) is 0 Å². The minimum Gasteiger partial charge on any atom is -0.512 e. The van der Waals surface area contributed by atoms with Gasteiger partial charge in [0, 0.05) is 17.6 Å². The highest BCUT2D eigenvalue weighted by Gasteiger charge is 2.37. The molecular formula is C24H28N2O7. The molecule has 0 fully saturated rings. The number of aliphatic imine (C=N–C) groups is 1. The summed E-state index contributed by atoms with van der Waals surface area (Å²) in [4.78, 5) is 41.6. The third-order valence-corrected chi connectivity index (χ3v) is 5.00. The summed E-state index contributed by atoms with van der Waals surface area (Å²) in [6.45, 7) is 6.61. The number of hydrogen-bond acceptors (Lipinski definition) is 9. The standard InChI is InChI=1S/C24H28N2O7/c1-7-33-22(28)18(15(4)27)12-25-17-10-8-9-16(11-17)21-19(23(29)31-5)13(2)26-14(3)20(21)24(30)32-6/h8-12,21,26-27H,7H2,1-6H3/b18-15+,25-12?. The van der Waals surface area contributed by atoms with Gasteiger partial charge in [0.1, 0.15) is 11.3 Å². The van der Waals surface area contributed by atoms with Crippen LogP contribution in [0.15, 0.2) is 63.1 Å². The van der Waals surface area contributed by atoms with E-state index in [0.717, 1.165) is 0 Å². The molecule has 0 saturated carbocycles. The molecule has 0 radical (unpaired) electrons. The summed E-state index contributed by atoms with van der Waals surface area (Å²) >= 11 is 0. The molecule has 0 atom stereocenters. The first-order valence-electron chi connectivity index (χ1n) is 10.2. The number of carbonyl (C=O) groups is 3. The van der Waals surface area contributed by atoms with Gasteiger partial charge in [0.2, 0.25) is 0 Å². The van der Waals surface area contributed by atoms with Gasteiger partial charge in [-0.25, -0.2) is 14.4 Å². The topological polar surface area (TPSA) is 124 Å². The number of carbonyl (C=O) groups excluding carboxylic acids is 3. The van der Waals surface area contributed by atoms with E-state index in [1.807, 2.05) is 0 Å². The normalized spacial score (nSPS) is 15.2. The van der Waals surface area contributed by atoms with Crippen LogP contribution in [0.5, 0.6) is 0 Å². The average molecular weight is 456 g/mol. The lowest BCUT2D eigenvalue weighted by Gasteiger charge is -2.30. The van der Waals surface area contributed by atoms with Gasteiger partial charge in [0.25, 0.3) is 0 Å². The van der Waals surface area contributed by atoms with Gasteiger partial charge in [-0.05, 0) is 45.4 Å². The molecule has 0 aliphatic carbocycles. The summed E-state index contributed by atoms with van der Waals surface area (Å²) in [5.41, 5.74) is 2.57. The van der Waals surface area contributed by atoms with Crippen LogP contribution >= 0.6 is 0 Å². The Balaban J connectivity index is 2.59. The average Bonchev–Trinajstić information content (AvgIpc) is 2.78. The molecule has 33 heavy (non-hydrogen) atoms. The van der Waals surface area contributed by atoms with E-state index in [9.17, 15) is 19.5 Å². The number of nitrogens with one attached hydrogen (secondary N) is 1. The molecule has 0 unspecified atom stereocenters. The molecule has 1 aromatic carbocycles. The summed E-state index contributed by atoms with van der Waals surface area (Å²) < 4.78 is 14.9. The lowest BCUT2D eigenvalue weighted by molar-refractivity contribution is -0.139. The van der Waals surface area contributed by atoms with Crippen molar-refractivity contribution in [3.63, 3.8) is 0 Å². The van der Waals surface area contributed by atoms with Crippen molar-refractivity contribution in [1.29, 1.82) is 0 Å². The number of rotatable bonds is 7. The van der Waals surface area contributed by atoms with Gasteiger partial charge >= 0.3 is 17.9 Å². The third-order valence-electron chi connectivity index (χ3n) is 5.00. The third kappa shape index (κ3) is 5.68. The summed E-state index contributed by atoms with van der Waals surface area (Å²) in [6.07, 6.45) is 1.21. The molecule has 0 amide bonds. The fourth-order valence-corrected chi connectivity index (χ4v) is 3.51. The minimum absolute atomic E-state index is 0.0823. The first-order valence-corrected chi connectivity index (χ1v) is 10.2. The quantitative estimate of drug-likeness (QED) is 0.210. The Morgan fingerprint density at radius 1 is 1.09 bits per heavy atom. The second-order valence-corrected chi connectivity index (χ2v) is 7.19. The van der Waals surface area contributed by atoms with Crippen LogP contribution in [0.25, 0.3) is 0 Å². The highest BCUT2D eigenvalue weighted by molar-refractivity contribution is 6.10. The van der Waals surface area contributed by atoms with E-state index >= 15 is 0 Å². The van der Waals surface area contributed by atoms with Gasteiger partial charge in [-0.1, -0.05) is 12.1 Å². The molecule has 0 spiro atoms. The molecule has 1 aliphatic heterocycles. The van der Waals surface area contributed by atoms with E-state index in [2.05, 4.69) is 10.3 Å². The Hall–Kier alpha value is -3.88. The number of esters is 3. The van der Waals surface area contributed by atoms with E-state index in [1.54, 1.807) is 45.0 Å². The van der Waals surface area contributed by atoms with Gasteiger partial charge in [0.05, 0.1) is 43.6 Å². The van der Waals surface area contributed by atoms with E-state index in [-0.39, 0.29) is 29.1 Å². The fraction of sp³-hybridized carbons (Fsp3) is 0.333. The Morgan fingerprint density at radius 2 is 1.67 bits per heavy atom. The molecule has 0 aromatic heterocycles. The summed E-state index contributed by atoms with van der Waals surface area (Å²) in [7, 11) is 2.54. The van der Waals surface area contributed by atoms with Gasteiger partial charge in [-0.2, -0.15) is 0 Å². The van der Waals surface area contributed by atoms with Crippen molar-refractivity contribution in [1.82, 2.24) is 5.32 Å². The van der Waals surface area contributed by atoms with Crippen LogP contribution < -0.4 is 5.32 Å². The first kappa shape index (κ1) is 25.4. The zero-order chi connectivity index (χ0) is 24.7. The van der Waals surface area contributed by atoms with Crippen LogP contribution in [0, 0.1) is 0 Å². The summed E-state index contributed by atoms with van der Waals surface area (Å²) in [6, 6.07) is 6.81. The molecule has 2 rings (SSSR count). The monoisotopic (exact) mass is 456 g/mol. The van der Waals surface area contributed by atoms with Crippen molar-refractivity contribution in [3.05, 3.63) is 63.7 Å². The molecule has 1 aliphatic rings. The maximum absolute atomic E-state index is 12.6. The summed E-state index contributed by atoms with van der Waals surface area (Å²) in [5, 5.41) is 12.9. The molecule has 9 nitrogen and oxygen atoms in total. The molecule has 9 heteroatoms. The number of nitrogens with zero attached hydrogens (tertiary/aromatic N) is 1. The molecule has 0 saturated heterocycles. The van der Waals surface area contributed by atoms with Crippen LogP contribution in [0.1, 0.15) is 39.2 Å². The molecule has 2 N–H and O–H groups in total. The lowest BCUT2D eigenvalue weighted by atomic mass is 9.80. The van der Waals surface area contributed by atoms with Crippen molar-refractivity contribution < 1.29 is 33.7 Å². The first-order chi connectivity index (χ1) is 15.7. The molecule has 1 heterocycles. The van der Waals surface area contributed by atoms with Crippen LogP contribution in [-0.2, 0) is 28.6 Å². The van der Waals surface area contributed by atoms with E-state index in [0.29, 0.717) is 22.6 Å². The smallest absolute Gasteiger partial charge is 0.343 e. The number of dihydropyridines is 1. The Labute approximate surface area is 192 Å². The van der Waals surface area contributed by atoms with Crippen LogP contribution in [0.3, 0.4) is 0 Å². The molecule has 1 aromatic rings. The Morgan fingerprint density at radius 3 is 2.15 bits per heavy atom. The Bertz CT molecular complexity index is 1040. The maximum Gasteiger partial charge on any atom is 0.343 e. The van der Waals surface area contributed by atoms with E-state index < -0.39 is 23.8 Å². The predicted molar refractivity (Wildman–Crippen MR) is 122 cm³/mol. The van der Waals surface area contributed by atoms with E-state index in [1.165, 1.54) is 27.4 Å². The van der Waals surface area contributed by atoms with Crippen LogP contribution in [0.4, 0.5) is 5.69 Å². The van der Waals surface area contributed by atoms with Crippen LogP contribution in [0.2, 0.25) is 0 Å². The van der Waals surface area contributed by atoms with Crippen molar-refractivity contribution >= 4 is 29.8 Å². The number of aliphatic hydroxyl groups is 1. The van der Waals surface area contributed by atoms with Gasteiger partial charge in [-0.3, -0.25) is 4.99 Å². The number of allylic oxidation sites excluding steroid dienone is 3. The van der Waals surface area contributed by atoms with Gasteiger partial charge in [0.15, 0.2) is 0 Å². The van der Waals surface area contributed by atoms with Crippen molar-refractivity contribution in [3.8, 4) is 0 Å². The zero-order valence-electron chi connectivity index (χ0n) is 19.5. The van der Waals surface area contributed by atoms with E-state index in [4.69, 9.17) is 14.2 Å². The molecular weight excluding hydrogens is 428 g/mol. The lowest BCUT2D eigenvalue weighted by Crippen LogP contribution is -2.32. The Kier molecular flexibility index (Phi) is 8.56. The van der Waals surface area contributed by atoms with Crippen molar-refractivity contribution in [2.75, 3.05) is 20.8 Å². The summed E-state index contributed by atoms with van der Waals surface area (Å²) in [5.74, 6) is -2.87. The fourth-order valence-electron chi connectivity index (χ4n) is 3.51. The SMILES string of the molecule is CCOC(=O)/C(C=Nc1cccc(C2C(C(=O)OC)=C(C)NC(C)=C2C(=O)OC)c1)=C(\C)O. The maximum atomic E-state index is 12.6. The second-order valence-electron chi connectivity index (χ2n) is 7.19. The van der Waals surface area contributed by atoms with Crippen LogP contribution in [-0.4, -0.2) is 50.1 Å². The highest BCUT2D eigenvalue weighted by Crippen LogP contribution is 2.40. The van der Waals surface area contributed by atoms with Gasteiger partial charge < -0.3 is 24.6 Å². The molecule has 0 bridgehead atoms. The zero-order valence-corrected chi connectivity index (χ0v) is 19.5. The number of ether oxygens (including phenoxy) is 3. The van der Waals surface area contributed by atoms with Crippen molar-refractivity contribution in [2.24, 2.45) is 4.99 Å².